The second kappa shape index (κ2) is 8.53. The lowest BCUT2D eigenvalue weighted by atomic mass is 10.1. The number of likely N-dealkylation sites (N-methyl/N-ethyl adjacent to an activating group) is 1. The molecule has 0 unspecified atom stereocenters. The number of benzene rings is 1. The largest absolute Gasteiger partial charge is 0.492 e. The minimum absolute atomic E-state index is 0.134. The number of para-hydroxylation sites is 1. The molecule has 0 aliphatic carbocycles. The summed E-state index contributed by atoms with van der Waals surface area (Å²) in [7, 11) is 1.81. The Labute approximate surface area is 138 Å². The third kappa shape index (κ3) is 8.21. The van der Waals surface area contributed by atoms with Gasteiger partial charge in [0.2, 0.25) is 5.91 Å². The normalized spacial score (nSPS) is 11.2. The zero-order valence-electron chi connectivity index (χ0n) is 14.6. The number of nitrogens with one attached hydrogen (secondary N) is 2. The van der Waals surface area contributed by atoms with E-state index in [2.05, 4.69) is 10.6 Å². The summed E-state index contributed by atoms with van der Waals surface area (Å²) < 4.78 is 5.68. The van der Waals surface area contributed by atoms with Crippen LogP contribution in [0.1, 0.15) is 26.3 Å². The number of aryl methyl sites for hydroxylation is 1. The molecule has 0 bridgehead atoms. The number of amides is 3. The Morgan fingerprint density at radius 1 is 1.22 bits per heavy atom. The van der Waals surface area contributed by atoms with Crippen molar-refractivity contribution in [2.75, 3.05) is 26.7 Å². The van der Waals surface area contributed by atoms with E-state index in [1.165, 1.54) is 0 Å². The maximum atomic E-state index is 11.8. The Kier molecular flexibility index (Phi) is 7.03. The van der Waals surface area contributed by atoms with E-state index in [0.29, 0.717) is 13.2 Å². The summed E-state index contributed by atoms with van der Waals surface area (Å²) in [4.78, 5) is 25.2. The van der Waals surface area contributed by atoms with E-state index in [0.717, 1.165) is 11.3 Å². The third-order valence-electron chi connectivity index (χ3n) is 2.98. The predicted molar refractivity (Wildman–Crippen MR) is 90.6 cm³/mol. The Balaban J connectivity index is 2.28. The van der Waals surface area contributed by atoms with E-state index >= 15 is 0 Å². The van der Waals surface area contributed by atoms with Gasteiger partial charge in [-0.2, -0.15) is 0 Å². The molecular formula is C17H27N3O3. The van der Waals surface area contributed by atoms with Crippen LogP contribution in [0.25, 0.3) is 0 Å². The monoisotopic (exact) mass is 321 g/mol. The van der Waals surface area contributed by atoms with Crippen LogP contribution < -0.4 is 15.4 Å². The van der Waals surface area contributed by atoms with Crippen molar-refractivity contribution in [3.8, 4) is 5.75 Å². The fourth-order valence-electron chi connectivity index (χ4n) is 1.89. The summed E-state index contributed by atoms with van der Waals surface area (Å²) in [5.74, 6) is 0.500. The van der Waals surface area contributed by atoms with Crippen LogP contribution in [0.15, 0.2) is 24.3 Å². The van der Waals surface area contributed by atoms with Crippen LogP contribution in [0, 0.1) is 6.92 Å². The molecule has 0 aromatic heterocycles. The van der Waals surface area contributed by atoms with Gasteiger partial charge in [0, 0.05) is 12.1 Å². The van der Waals surface area contributed by atoms with Crippen LogP contribution in [-0.4, -0.2) is 49.1 Å². The first-order chi connectivity index (χ1) is 10.7. The van der Waals surface area contributed by atoms with Crippen molar-refractivity contribution in [1.82, 2.24) is 15.5 Å². The van der Waals surface area contributed by atoms with Crippen LogP contribution >= 0.6 is 0 Å². The molecule has 0 atom stereocenters. The molecule has 0 saturated heterocycles. The Morgan fingerprint density at radius 2 is 1.87 bits per heavy atom. The molecule has 0 saturated carbocycles. The first-order valence-electron chi connectivity index (χ1n) is 7.66. The first-order valence-corrected chi connectivity index (χ1v) is 7.66. The minimum Gasteiger partial charge on any atom is -0.492 e. The Bertz CT molecular complexity index is 538. The maximum Gasteiger partial charge on any atom is 0.321 e. The van der Waals surface area contributed by atoms with Gasteiger partial charge in [-0.15, -0.1) is 0 Å². The number of hydrogen-bond donors (Lipinski definition) is 2. The lowest BCUT2D eigenvalue weighted by Gasteiger charge is -2.21. The van der Waals surface area contributed by atoms with Crippen LogP contribution in [0.5, 0.6) is 5.75 Å². The summed E-state index contributed by atoms with van der Waals surface area (Å²) in [6.45, 7) is 8.74. The van der Waals surface area contributed by atoms with Crippen molar-refractivity contribution in [2.45, 2.75) is 33.2 Å². The molecule has 6 heteroatoms. The van der Waals surface area contributed by atoms with Crippen LogP contribution in [0.2, 0.25) is 0 Å². The van der Waals surface area contributed by atoms with E-state index < -0.39 is 6.03 Å². The second-order valence-electron chi connectivity index (χ2n) is 6.60. The molecule has 0 aliphatic rings. The van der Waals surface area contributed by atoms with Gasteiger partial charge in [0.05, 0.1) is 6.54 Å². The summed E-state index contributed by atoms with van der Waals surface area (Å²) in [6, 6.07) is 7.31. The van der Waals surface area contributed by atoms with E-state index in [-0.39, 0.29) is 18.0 Å². The van der Waals surface area contributed by atoms with Gasteiger partial charge in [-0.1, -0.05) is 18.2 Å². The van der Waals surface area contributed by atoms with Gasteiger partial charge in [0.15, 0.2) is 0 Å². The van der Waals surface area contributed by atoms with Gasteiger partial charge in [0.1, 0.15) is 12.4 Å². The van der Waals surface area contributed by atoms with Gasteiger partial charge in [-0.3, -0.25) is 15.0 Å². The molecule has 1 rings (SSSR count). The Morgan fingerprint density at radius 3 is 2.48 bits per heavy atom. The van der Waals surface area contributed by atoms with Crippen molar-refractivity contribution >= 4 is 11.9 Å². The molecule has 1 aromatic carbocycles. The predicted octanol–water partition coefficient (Wildman–Crippen LogP) is 1.93. The van der Waals surface area contributed by atoms with Crippen molar-refractivity contribution in [2.24, 2.45) is 0 Å². The number of carbonyl (C=O) groups is 2. The topological polar surface area (TPSA) is 70.7 Å². The zero-order valence-corrected chi connectivity index (χ0v) is 14.6. The fraction of sp³-hybridized carbons (Fsp3) is 0.529. The zero-order chi connectivity index (χ0) is 17.5. The number of urea groups is 1. The van der Waals surface area contributed by atoms with Crippen LogP contribution in [-0.2, 0) is 4.79 Å². The van der Waals surface area contributed by atoms with Gasteiger partial charge in [-0.25, -0.2) is 4.79 Å². The lowest BCUT2D eigenvalue weighted by Crippen LogP contribution is -2.50. The number of imide groups is 1. The molecule has 0 aliphatic heterocycles. The smallest absolute Gasteiger partial charge is 0.321 e. The average molecular weight is 321 g/mol. The SMILES string of the molecule is Cc1ccccc1OCCN(C)CC(=O)NC(=O)NC(C)(C)C. The first kappa shape index (κ1) is 19.0. The highest BCUT2D eigenvalue weighted by molar-refractivity contribution is 5.95. The number of nitrogens with zero attached hydrogens (tertiary/aromatic N) is 1. The molecule has 23 heavy (non-hydrogen) atoms. The van der Waals surface area contributed by atoms with Crippen molar-refractivity contribution in [1.29, 1.82) is 0 Å². The van der Waals surface area contributed by atoms with E-state index in [9.17, 15) is 9.59 Å². The summed E-state index contributed by atoms with van der Waals surface area (Å²) >= 11 is 0. The van der Waals surface area contributed by atoms with Gasteiger partial charge < -0.3 is 10.1 Å². The molecule has 128 valence electrons. The molecule has 0 heterocycles. The van der Waals surface area contributed by atoms with Gasteiger partial charge in [-0.05, 0) is 46.4 Å². The van der Waals surface area contributed by atoms with Crippen molar-refractivity contribution in [3.63, 3.8) is 0 Å². The van der Waals surface area contributed by atoms with Crippen molar-refractivity contribution < 1.29 is 14.3 Å². The van der Waals surface area contributed by atoms with Crippen LogP contribution in [0.3, 0.4) is 0 Å². The standard InChI is InChI=1S/C17H27N3O3/c1-13-8-6-7-9-14(13)23-11-10-20(5)12-15(21)18-16(22)19-17(2,3)4/h6-9H,10-12H2,1-5H3,(H2,18,19,21,22). The number of ether oxygens (including phenoxy) is 1. The highest BCUT2D eigenvalue weighted by atomic mass is 16.5. The number of rotatable bonds is 6. The number of carbonyl (C=O) groups excluding carboxylic acids is 2. The molecule has 0 spiro atoms. The molecule has 2 N–H and O–H groups in total. The third-order valence-corrected chi connectivity index (χ3v) is 2.98. The van der Waals surface area contributed by atoms with Crippen molar-refractivity contribution in [3.05, 3.63) is 29.8 Å². The molecule has 0 fully saturated rings. The number of hydrogen-bond acceptors (Lipinski definition) is 4. The van der Waals surface area contributed by atoms with Gasteiger partial charge in [0.25, 0.3) is 0 Å². The fourth-order valence-corrected chi connectivity index (χ4v) is 1.89. The molecular weight excluding hydrogens is 294 g/mol. The quantitative estimate of drug-likeness (QED) is 0.840. The Hall–Kier alpha value is -2.08. The molecule has 3 amide bonds. The van der Waals surface area contributed by atoms with E-state index in [4.69, 9.17) is 4.74 Å². The van der Waals surface area contributed by atoms with E-state index in [1.807, 2.05) is 59.0 Å². The summed E-state index contributed by atoms with van der Waals surface area (Å²) in [6.07, 6.45) is 0. The molecule has 1 aromatic rings. The summed E-state index contributed by atoms with van der Waals surface area (Å²) in [5, 5.41) is 4.99. The lowest BCUT2D eigenvalue weighted by molar-refractivity contribution is -0.120. The van der Waals surface area contributed by atoms with Gasteiger partial charge >= 0.3 is 6.03 Å². The average Bonchev–Trinajstić information content (AvgIpc) is 2.38. The minimum atomic E-state index is -0.480. The maximum absolute atomic E-state index is 11.8. The summed E-state index contributed by atoms with van der Waals surface area (Å²) in [5.41, 5.74) is 0.698. The molecule has 6 nitrogen and oxygen atoms in total. The molecule has 0 radical (unpaired) electrons. The second-order valence-corrected chi connectivity index (χ2v) is 6.60. The van der Waals surface area contributed by atoms with Crippen LogP contribution in [0.4, 0.5) is 4.79 Å². The highest BCUT2D eigenvalue weighted by Crippen LogP contribution is 2.15. The highest BCUT2D eigenvalue weighted by Gasteiger charge is 2.16. The van der Waals surface area contributed by atoms with E-state index in [1.54, 1.807) is 4.90 Å².